The zero-order valence-corrected chi connectivity index (χ0v) is 12.6. The van der Waals surface area contributed by atoms with Gasteiger partial charge in [-0.1, -0.05) is 0 Å². The van der Waals surface area contributed by atoms with Crippen molar-refractivity contribution < 1.29 is 23.9 Å². The molecule has 20 heavy (non-hydrogen) atoms. The molecule has 7 heteroatoms. The first kappa shape index (κ1) is 16.3. The first-order chi connectivity index (χ1) is 9.15. The minimum Gasteiger partial charge on any atom is -0.467 e. The summed E-state index contributed by atoms with van der Waals surface area (Å²) >= 11 is 0. The Labute approximate surface area is 118 Å². The molecule has 0 spiro atoms. The van der Waals surface area contributed by atoms with Crippen LogP contribution in [-0.4, -0.2) is 66.2 Å². The molecule has 7 nitrogen and oxygen atoms in total. The van der Waals surface area contributed by atoms with E-state index in [1.54, 1.807) is 20.8 Å². The van der Waals surface area contributed by atoms with Gasteiger partial charge in [0.25, 0.3) is 0 Å². The molecular formula is C13H22N2O5. The van der Waals surface area contributed by atoms with Crippen LogP contribution in [0.25, 0.3) is 0 Å². The van der Waals surface area contributed by atoms with Crippen molar-refractivity contribution >= 4 is 18.0 Å². The van der Waals surface area contributed by atoms with Crippen LogP contribution >= 0.6 is 0 Å². The number of carbonyl (C=O) groups is 3. The monoisotopic (exact) mass is 286 g/mol. The molecule has 1 saturated heterocycles. The fraction of sp³-hybridized carbons (Fsp3) is 0.769. The van der Waals surface area contributed by atoms with Crippen molar-refractivity contribution in [2.24, 2.45) is 0 Å². The SMILES string of the molecule is COC(=O)[C@H]1CN(C(=O)OC(C)(C)C)CCN1C(C)=O. The van der Waals surface area contributed by atoms with Gasteiger partial charge in [-0.3, -0.25) is 4.79 Å². The molecule has 0 N–H and O–H groups in total. The Morgan fingerprint density at radius 3 is 2.20 bits per heavy atom. The molecule has 1 aliphatic rings. The number of esters is 1. The summed E-state index contributed by atoms with van der Waals surface area (Å²) in [5.41, 5.74) is -0.602. The molecule has 114 valence electrons. The number of piperazine rings is 1. The molecule has 0 aromatic rings. The summed E-state index contributed by atoms with van der Waals surface area (Å²) in [7, 11) is 1.26. The molecule has 0 aromatic heterocycles. The second kappa shape index (κ2) is 6.11. The van der Waals surface area contributed by atoms with E-state index >= 15 is 0 Å². The number of amides is 2. The first-order valence-electron chi connectivity index (χ1n) is 6.48. The molecular weight excluding hydrogens is 264 g/mol. The molecule has 0 saturated carbocycles. The van der Waals surface area contributed by atoms with Crippen LogP contribution in [0.2, 0.25) is 0 Å². The Bertz CT molecular complexity index is 402. The Kier molecular flexibility index (Phi) is 4.97. The summed E-state index contributed by atoms with van der Waals surface area (Å²) in [6, 6.07) is -0.779. The zero-order chi connectivity index (χ0) is 15.5. The van der Waals surface area contributed by atoms with Crippen LogP contribution in [0.4, 0.5) is 4.79 Å². The highest BCUT2D eigenvalue weighted by molar-refractivity contribution is 5.84. The van der Waals surface area contributed by atoms with Gasteiger partial charge in [-0.2, -0.15) is 0 Å². The van der Waals surface area contributed by atoms with Crippen LogP contribution in [0.1, 0.15) is 27.7 Å². The van der Waals surface area contributed by atoms with E-state index in [2.05, 4.69) is 4.74 Å². The standard InChI is InChI=1S/C13H22N2O5/c1-9(16)15-7-6-14(8-10(15)11(17)19-5)12(18)20-13(2,3)4/h10H,6-8H2,1-5H3/t10-/m1/s1. The smallest absolute Gasteiger partial charge is 0.410 e. The number of hydrogen-bond donors (Lipinski definition) is 0. The highest BCUT2D eigenvalue weighted by Gasteiger charge is 2.37. The summed E-state index contributed by atoms with van der Waals surface area (Å²) in [6.07, 6.45) is -0.491. The van der Waals surface area contributed by atoms with Crippen LogP contribution in [0.3, 0.4) is 0 Å². The van der Waals surface area contributed by atoms with Gasteiger partial charge in [-0.25, -0.2) is 9.59 Å². The van der Waals surface area contributed by atoms with Gasteiger partial charge in [0.2, 0.25) is 5.91 Å². The van der Waals surface area contributed by atoms with Crippen LogP contribution in [0.5, 0.6) is 0 Å². The fourth-order valence-electron chi connectivity index (χ4n) is 1.99. The molecule has 1 atom stereocenters. The van der Waals surface area contributed by atoms with Crippen molar-refractivity contribution in [2.75, 3.05) is 26.7 Å². The van der Waals surface area contributed by atoms with Crippen molar-refractivity contribution in [2.45, 2.75) is 39.3 Å². The highest BCUT2D eigenvalue weighted by atomic mass is 16.6. The van der Waals surface area contributed by atoms with Gasteiger partial charge < -0.3 is 19.3 Å². The second-order valence-electron chi connectivity index (χ2n) is 5.68. The number of nitrogens with zero attached hydrogens (tertiary/aromatic N) is 2. The zero-order valence-electron chi connectivity index (χ0n) is 12.6. The number of hydrogen-bond acceptors (Lipinski definition) is 5. The fourth-order valence-corrected chi connectivity index (χ4v) is 1.99. The van der Waals surface area contributed by atoms with Crippen molar-refractivity contribution in [3.8, 4) is 0 Å². The largest absolute Gasteiger partial charge is 0.467 e. The van der Waals surface area contributed by atoms with Crippen molar-refractivity contribution in [1.29, 1.82) is 0 Å². The molecule has 1 fully saturated rings. The Hall–Kier alpha value is -1.79. The number of rotatable bonds is 1. The second-order valence-corrected chi connectivity index (χ2v) is 5.68. The maximum absolute atomic E-state index is 12.0. The summed E-state index contributed by atoms with van der Waals surface area (Å²) in [5.74, 6) is -0.752. The van der Waals surface area contributed by atoms with E-state index in [9.17, 15) is 14.4 Å². The molecule has 2 amide bonds. The number of carbonyl (C=O) groups excluding carboxylic acids is 3. The molecule has 1 heterocycles. The van der Waals surface area contributed by atoms with Crippen LogP contribution < -0.4 is 0 Å². The lowest BCUT2D eigenvalue weighted by molar-refractivity contribution is -0.155. The van der Waals surface area contributed by atoms with Crippen LogP contribution in [-0.2, 0) is 19.1 Å². The lowest BCUT2D eigenvalue weighted by Crippen LogP contribution is -2.59. The number of ether oxygens (including phenoxy) is 2. The van der Waals surface area contributed by atoms with Crippen molar-refractivity contribution in [1.82, 2.24) is 9.80 Å². The average molecular weight is 286 g/mol. The predicted octanol–water partition coefficient (Wildman–Crippen LogP) is 0.627. The van der Waals surface area contributed by atoms with E-state index in [1.165, 1.54) is 23.8 Å². The van der Waals surface area contributed by atoms with Gasteiger partial charge in [-0.15, -0.1) is 0 Å². The highest BCUT2D eigenvalue weighted by Crippen LogP contribution is 2.16. The van der Waals surface area contributed by atoms with Gasteiger partial charge in [-0.05, 0) is 20.8 Å². The molecule has 1 aliphatic heterocycles. The Balaban J connectivity index is 2.78. The Morgan fingerprint density at radius 1 is 1.15 bits per heavy atom. The van der Waals surface area contributed by atoms with E-state index in [1.807, 2.05) is 0 Å². The van der Waals surface area contributed by atoms with Crippen LogP contribution in [0.15, 0.2) is 0 Å². The number of methoxy groups -OCH3 is 1. The summed E-state index contributed by atoms with van der Waals surface area (Å²) in [5, 5.41) is 0. The van der Waals surface area contributed by atoms with Crippen LogP contribution in [0, 0.1) is 0 Å². The minimum absolute atomic E-state index is 0.0845. The molecule has 1 rings (SSSR count). The molecule has 0 radical (unpaired) electrons. The van der Waals surface area contributed by atoms with Gasteiger partial charge in [0.1, 0.15) is 11.6 Å². The topological polar surface area (TPSA) is 76.2 Å². The van der Waals surface area contributed by atoms with E-state index in [-0.39, 0.29) is 19.0 Å². The Morgan fingerprint density at radius 2 is 1.75 bits per heavy atom. The maximum Gasteiger partial charge on any atom is 0.410 e. The molecule has 0 bridgehead atoms. The predicted molar refractivity (Wildman–Crippen MR) is 71.0 cm³/mol. The van der Waals surface area contributed by atoms with Gasteiger partial charge in [0.15, 0.2) is 0 Å². The molecule has 0 aliphatic carbocycles. The van der Waals surface area contributed by atoms with Crippen molar-refractivity contribution in [3.63, 3.8) is 0 Å². The molecule has 0 unspecified atom stereocenters. The summed E-state index contributed by atoms with van der Waals surface area (Å²) in [4.78, 5) is 38.1. The van der Waals surface area contributed by atoms with E-state index in [0.29, 0.717) is 6.54 Å². The van der Waals surface area contributed by atoms with E-state index < -0.39 is 23.7 Å². The lowest BCUT2D eigenvalue weighted by atomic mass is 10.1. The normalized spacial score (nSPS) is 19.6. The molecule has 0 aromatic carbocycles. The summed E-state index contributed by atoms with van der Waals surface area (Å²) < 4.78 is 9.95. The third-order valence-corrected chi connectivity index (χ3v) is 2.91. The minimum atomic E-state index is -0.779. The van der Waals surface area contributed by atoms with E-state index in [4.69, 9.17) is 4.74 Å². The first-order valence-corrected chi connectivity index (χ1v) is 6.48. The average Bonchev–Trinajstić information content (AvgIpc) is 2.34. The quantitative estimate of drug-likeness (QED) is 0.661. The van der Waals surface area contributed by atoms with Gasteiger partial charge >= 0.3 is 12.1 Å². The maximum atomic E-state index is 12.0. The third-order valence-electron chi connectivity index (χ3n) is 2.91. The lowest BCUT2D eigenvalue weighted by Gasteiger charge is -2.39. The van der Waals surface area contributed by atoms with Gasteiger partial charge in [0.05, 0.1) is 13.7 Å². The van der Waals surface area contributed by atoms with E-state index in [0.717, 1.165) is 0 Å². The van der Waals surface area contributed by atoms with Crippen molar-refractivity contribution in [3.05, 3.63) is 0 Å². The third kappa shape index (κ3) is 4.11. The summed E-state index contributed by atoms with van der Waals surface area (Å²) in [6.45, 7) is 7.41. The van der Waals surface area contributed by atoms with Gasteiger partial charge in [0, 0.05) is 20.0 Å².